The number of nitrogens with zero attached hydrogens (tertiary/aromatic N) is 5. The summed E-state index contributed by atoms with van der Waals surface area (Å²) in [6, 6.07) is 16.7. The summed E-state index contributed by atoms with van der Waals surface area (Å²) in [4.78, 5) is 106. The number of aromatic nitrogens is 4. The zero-order chi connectivity index (χ0) is 54.3. The molecular weight excluding hydrogens is 988 g/mol. The minimum absolute atomic E-state index is 0. The van der Waals surface area contributed by atoms with Crippen LogP contribution in [0.3, 0.4) is 0 Å². The van der Waals surface area contributed by atoms with E-state index in [0.29, 0.717) is 24.7 Å². The van der Waals surface area contributed by atoms with Gasteiger partial charge in [0.05, 0.1) is 11.4 Å². The van der Waals surface area contributed by atoms with Gasteiger partial charge in [-0.05, 0) is 60.7 Å². The molecule has 3 radical (unpaired) electrons. The van der Waals surface area contributed by atoms with Gasteiger partial charge in [-0.15, -0.1) is 0 Å². The molecule has 0 saturated carbocycles. The van der Waals surface area contributed by atoms with Gasteiger partial charge in [0.1, 0.15) is 41.9 Å². The first-order valence-electron chi connectivity index (χ1n) is 22.6. The second kappa shape index (κ2) is 34.3. The second-order valence-corrected chi connectivity index (χ2v) is 17.0. The van der Waals surface area contributed by atoms with Gasteiger partial charge in [0, 0.05) is 72.2 Å². The predicted molar refractivity (Wildman–Crippen MR) is 275 cm³/mol. The van der Waals surface area contributed by atoms with E-state index in [-0.39, 0.29) is 55.8 Å². The molecule has 2 unspecified atom stereocenters. The Morgan fingerprint density at radius 3 is 1.40 bits per heavy atom. The van der Waals surface area contributed by atoms with Crippen LogP contribution in [0.25, 0.3) is 22.8 Å². The third kappa shape index (κ3) is 22.2. The van der Waals surface area contributed by atoms with Crippen LogP contribution in [0.4, 0.5) is 8.78 Å². The van der Waals surface area contributed by atoms with Gasteiger partial charge in [-0.3, -0.25) is 24.0 Å². The number of hydrogen-bond acceptors (Lipinski definition) is 15. The monoisotopic (exact) mass is 1060 g/mol. The van der Waals surface area contributed by atoms with Gasteiger partial charge in [0.25, 0.3) is 11.8 Å². The van der Waals surface area contributed by atoms with E-state index in [1.165, 1.54) is 48.7 Å². The first-order chi connectivity index (χ1) is 33.9. The Kier molecular flexibility index (Phi) is 32.3. The summed E-state index contributed by atoms with van der Waals surface area (Å²) >= 11 is 0. The number of carbonyl (C=O) groups is 8. The van der Waals surface area contributed by atoms with Crippen molar-refractivity contribution in [3.8, 4) is 22.8 Å². The van der Waals surface area contributed by atoms with E-state index in [1.54, 1.807) is 0 Å². The first-order valence-corrected chi connectivity index (χ1v) is 22.6. The van der Waals surface area contributed by atoms with Crippen LogP contribution < -0.4 is 56.1 Å². The van der Waals surface area contributed by atoms with Gasteiger partial charge in [-0.25, -0.2) is 38.1 Å². The predicted octanol–water partition coefficient (Wildman–Crippen LogP) is 1.37. The molecule has 0 fully saturated rings. The number of nitrogens with one attached hydrogen (secondary N) is 5. The van der Waals surface area contributed by atoms with Crippen LogP contribution in [0.2, 0.25) is 0 Å². The van der Waals surface area contributed by atoms with E-state index in [1.807, 2.05) is 79.1 Å². The smallest absolute Gasteiger partial charge is 0.793 e. The van der Waals surface area contributed by atoms with Gasteiger partial charge in [-0.1, -0.05) is 75.5 Å². The number of likely N-dealkylation sites (N-methyl/N-ethyl adjacent to an activating group) is 2. The minimum Gasteiger partial charge on any atom is -0.793 e. The van der Waals surface area contributed by atoms with Crippen LogP contribution in [0.15, 0.2) is 60.7 Å². The van der Waals surface area contributed by atoms with Crippen LogP contribution in [-0.2, 0) is 69.4 Å². The number of hydrogen-bond donors (Lipinski definition) is 5. The maximum absolute atomic E-state index is 14.6. The third-order valence-electron chi connectivity index (χ3n) is 10.4. The first kappa shape index (κ1) is 70.7. The summed E-state index contributed by atoms with van der Waals surface area (Å²) in [5.41, 5.74) is -0.0836. The summed E-state index contributed by atoms with van der Waals surface area (Å²) in [6.45, 7) is 14.8. The number of alkyl halides is 2. The molecule has 2 atom stereocenters. The number of imidazole rings is 2. The van der Waals surface area contributed by atoms with Crippen LogP contribution >= 0.6 is 0 Å². The minimum atomic E-state index is -1.93. The largest absolute Gasteiger partial charge is 1.00 e. The molecule has 4 heterocycles. The number of amides is 4. The van der Waals surface area contributed by atoms with Crippen LogP contribution in [0, 0.1) is 0 Å². The van der Waals surface area contributed by atoms with Crippen molar-refractivity contribution in [2.75, 3.05) is 34.2 Å². The average molecular weight is 1060 g/mol. The number of benzene rings is 2. The molecule has 2 aromatic heterocycles. The molecule has 21 nitrogen and oxygen atoms in total. The third-order valence-corrected chi connectivity index (χ3v) is 10.4. The van der Waals surface area contributed by atoms with Crippen LogP contribution in [0.5, 0.6) is 0 Å². The van der Waals surface area contributed by atoms with Gasteiger partial charge in [0.15, 0.2) is 11.4 Å². The molecular formula is C50H73BF2N10NaO11. The Labute approximate surface area is 462 Å². The van der Waals surface area contributed by atoms with Crippen molar-refractivity contribution >= 4 is 56.4 Å². The van der Waals surface area contributed by atoms with Crippen molar-refractivity contribution in [1.82, 2.24) is 50.6 Å². The number of fused-ring (bicyclic) bond motifs is 2. The maximum Gasteiger partial charge on any atom is 1.00 e. The van der Waals surface area contributed by atoms with Crippen molar-refractivity contribution in [3.05, 3.63) is 83.4 Å². The van der Waals surface area contributed by atoms with Gasteiger partial charge >= 0.3 is 41.5 Å². The van der Waals surface area contributed by atoms with Gasteiger partial charge in [0.2, 0.25) is 17.8 Å². The van der Waals surface area contributed by atoms with Crippen LogP contribution in [0.1, 0.15) is 109 Å². The molecule has 2 aromatic carbocycles. The Hall–Kier alpha value is -6.34. The fourth-order valence-corrected chi connectivity index (χ4v) is 7.08. The van der Waals surface area contributed by atoms with Crippen LogP contribution in [-0.4, -0.2) is 138 Å². The van der Waals surface area contributed by atoms with E-state index < -0.39 is 65.0 Å². The molecule has 0 bridgehead atoms. The van der Waals surface area contributed by atoms with E-state index in [9.17, 15) is 42.3 Å². The fraction of sp³-hybridized carbons (Fsp3) is 0.480. The Bertz CT molecular complexity index is 2440. The maximum atomic E-state index is 14.6. The number of halogens is 2. The zero-order valence-corrected chi connectivity index (χ0v) is 45.4. The summed E-state index contributed by atoms with van der Waals surface area (Å²) in [7, 11) is 9.14. The Morgan fingerprint density at radius 1 is 0.667 bits per heavy atom. The van der Waals surface area contributed by atoms with E-state index in [0.717, 1.165) is 75.4 Å². The molecule has 4 aromatic rings. The van der Waals surface area contributed by atoms with Crippen molar-refractivity contribution in [3.63, 3.8) is 0 Å². The molecule has 0 aliphatic carbocycles. The molecule has 4 amide bonds. The molecule has 6 rings (SSSR count). The van der Waals surface area contributed by atoms with E-state index >= 15 is 0 Å². The molecule has 407 valence electrons. The summed E-state index contributed by atoms with van der Waals surface area (Å²) in [5.74, 6) is -2.63. The van der Waals surface area contributed by atoms with E-state index in [2.05, 4.69) is 68.5 Å². The van der Waals surface area contributed by atoms with Crippen molar-refractivity contribution in [2.24, 2.45) is 0 Å². The van der Waals surface area contributed by atoms with Crippen molar-refractivity contribution in [1.29, 1.82) is 0 Å². The molecule has 25 heteroatoms. The molecule has 2 aliphatic heterocycles. The SMILES string of the molecule is C.C.C=O.CC(=O)OOC(C)=O.CNC(=O)C(NC(=O)c1nc(-c2ccccc2)n2c1CN(C)CCC2)C(C)(C)F.CNC(=O)C(NC(=O)c1nc(-c2ccccc2)n2c1CNCCC2)C(C)(C)F.[B-]OC(C)=O.[Na+]. The standard InChI is InChI=1S/C21H28FN5O2.C20H26FN5O2.C4H6O4.C2H3BO2.CH2O.2CH4.Na/c1-21(2,22)17(20(29)23-3)25-19(28)16-15-13-26(4)11-8-12-27(15)18(24-16)14-9-6-5-7-10-14;1-20(2,21)16(19(28)22-3)25-18(27)15-14-12-23-10-7-11-26(14)17(24-15)13-8-5-4-6-9-13;1-3(5)7-8-4(2)6;1-2(4)5-3;1-2;;;/h5-7,9-10,17H,8,11-13H2,1-4H3,(H,23,29)(H,25,28);4-6,8-9,16,23H,7,10-12H2,1-3H3,(H,22,28)(H,25,27);1-2H3;1H3;1H2;2*1H4;/q;;;-1;;;;+1. The topological polar surface area (TPSA) is 263 Å². The fourth-order valence-electron chi connectivity index (χ4n) is 7.08. The molecule has 75 heavy (non-hydrogen) atoms. The quantitative estimate of drug-likeness (QED) is 0.0854. The zero-order valence-electron chi connectivity index (χ0n) is 43.4. The summed E-state index contributed by atoms with van der Waals surface area (Å²) < 4.78 is 36.8. The average Bonchev–Trinajstić information content (AvgIpc) is 3.69. The van der Waals surface area contributed by atoms with Gasteiger partial charge in [-0.2, -0.15) is 0 Å². The molecule has 2 aliphatic rings. The molecule has 5 N–H and O–H groups in total. The summed E-state index contributed by atoms with van der Waals surface area (Å²) in [5, 5.41) is 13.2. The van der Waals surface area contributed by atoms with Crippen molar-refractivity contribution < 1.29 is 91.1 Å². The van der Waals surface area contributed by atoms with Crippen molar-refractivity contribution in [2.45, 2.75) is 126 Å². The summed E-state index contributed by atoms with van der Waals surface area (Å²) in [6.07, 6.45) is 1.84. The Balaban J connectivity index is 0. The van der Waals surface area contributed by atoms with Gasteiger partial charge < -0.3 is 58.1 Å². The number of carbonyl (C=O) groups excluding carboxylic acids is 8. The molecule has 0 spiro atoms. The number of rotatable bonds is 10. The normalized spacial score (nSPS) is 13.2. The van der Waals surface area contributed by atoms with E-state index in [4.69, 9.17) is 4.79 Å². The Morgan fingerprint density at radius 2 is 1.04 bits per heavy atom. The second-order valence-electron chi connectivity index (χ2n) is 17.0. The molecule has 0 saturated heterocycles.